The van der Waals surface area contributed by atoms with E-state index in [1.165, 1.54) is 32.4 Å². The molecular formula is C16H31N3O. The number of amides is 1. The standard InChI is InChI=1S/C16H31N3O/c1-4-8-14-16(20)19(15(17-14)13(2)3)12-11-18-9-6-5-7-10-18/h13-15,17H,4-12H2,1-3H3. The van der Waals surface area contributed by atoms with Gasteiger partial charge in [0.15, 0.2) is 0 Å². The van der Waals surface area contributed by atoms with Gasteiger partial charge < -0.3 is 9.80 Å². The van der Waals surface area contributed by atoms with E-state index >= 15 is 0 Å². The van der Waals surface area contributed by atoms with E-state index in [1.807, 2.05) is 0 Å². The summed E-state index contributed by atoms with van der Waals surface area (Å²) in [6.45, 7) is 10.9. The molecule has 2 unspecified atom stereocenters. The number of hydrogen-bond acceptors (Lipinski definition) is 3. The minimum Gasteiger partial charge on any atom is -0.324 e. The van der Waals surface area contributed by atoms with Crippen molar-refractivity contribution in [1.82, 2.24) is 15.1 Å². The van der Waals surface area contributed by atoms with Crippen molar-refractivity contribution >= 4 is 5.91 Å². The number of likely N-dealkylation sites (tertiary alicyclic amines) is 1. The van der Waals surface area contributed by atoms with Crippen LogP contribution in [0.25, 0.3) is 0 Å². The molecule has 2 aliphatic rings. The third-order valence-electron chi connectivity index (χ3n) is 4.60. The highest BCUT2D eigenvalue weighted by atomic mass is 16.2. The molecule has 4 heteroatoms. The van der Waals surface area contributed by atoms with Crippen molar-refractivity contribution in [3.05, 3.63) is 0 Å². The molecule has 0 radical (unpaired) electrons. The van der Waals surface area contributed by atoms with Crippen molar-refractivity contribution in [2.24, 2.45) is 5.92 Å². The fourth-order valence-electron chi connectivity index (χ4n) is 3.43. The van der Waals surface area contributed by atoms with Gasteiger partial charge in [-0.3, -0.25) is 10.1 Å². The number of nitrogens with zero attached hydrogens (tertiary/aromatic N) is 2. The van der Waals surface area contributed by atoms with Crippen molar-refractivity contribution in [2.75, 3.05) is 26.2 Å². The zero-order valence-corrected chi connectivity index (χ0v) is 13.4. The second kappa shape index (κ2) is 7.41. The summed E-state index contributed by atoms with van der Waals surface area (Å²) in [7, 11) is 0. The first-order chi connectivity index (χ1) is 9.63. The van der Waals surface area contributed by atoms with Crippen LogP contribution in [0.4, 0.5) is 0 Å². The molecule has 1 N–H and O–H groups in total. The van der Waals surface area contributed by atoms with E-state index in [0.29, 0.717) is 11.8 Å². The first-order valence-electron chi connectivity index (χ1n) is 8.42. The summed E-state index contributed by atoms with van der Waals surface area (Å²) in [5.41, 5.74) is 0. The third kappa shape index (κ3) is 3.73. The predicted molar refractivity (Wildman–Crippen MR) is 82.5 cm³/mol. The second-order valence-corrected chi connectivity index (χ2v) is 6.63. The number of carbonyl (C=O) groups is 1. The van der Waals surface area contributed by atoms with Crippen LogP contribution in [0, 0.1) is 5.92 Å². The lowest BCUT2D eigenvalue weighted by Gasteiger charge is -2.32. The Bertz CT molecular complexity index is 313. The van der Waals surface area contributed by atoms with E-state index in [-0.39, 0.29) is 12.2 Å². The topological polar surface area (TPSA) is 35.6 Å². The van der Waals surface area contributed by atoms with Gasteiger partial charge in [-0.25, -0.2) is 0 Å². The molecule has 0 aromatic rings. The van der Waals surface area contributed by atoms with E-state index in [9.17, 15) is 4.79 Å². The van der Waals surface area contributed by atoms with Crippen LogP contribution in [0.15, 0.2) is 0 Å². The van der Waals surface area contributed by atoms with Crippen LogP contribution in [0.5, 0.6) is 0 Å². The van der Waals surface area contributed by atoms with E-state index in [0.717, 1.165) is 25.9 Å². The first-order valence-corrected chi connectivity index (χ1v) is 8.42. The molecule has 2 heterocycles. The maximum atomic E-state index is 12.5. The zero-order chi connectivity index (χ0) is 14.5. The Labute approximate surface area is 123 Å². The first kappa shape index (κ1) is 15.8. The van der Waals surface area contributed by atoms with E-state index < -0.39 is 0 Å². The van der Waals surface area contributed by atoms with Gasteiger partial charge in [0, 0.05) is 13.1 Å². The molecule has 0 bridgehead atoms. The van der Waals surface area contributed by atoms with Gasteiger partial charge in [0.2, 0.25) is 5.91 Å². The Balaban J connectivity index is 1.90. The summed E-state index contributed by atoms with van der Waals surface area (Å²) in [4.78, 5) is 17.1. The molecule has 1 amide bonds. The van der Waals surface area contributed by atoms with Crippen LogP contribution < -0.4 is 5.32 Å². The molecule has 20 heavy (non-hydrogen) atoms. The highest BCUT2D eigenvalue weighted by Gasteiger charge is 2.39. The van der Waals surface area contributed by atoms with Gasteiger partial charge in [0.25, 0.3) is 0 Å². The fourth-order valence-corrected chi connectivity index (χ4v) is 3.43. The minimum absolute atomic E-state index is 0.0498. The largest absolute Gasteiger partial charge is 0.324 e. The summed E-state index contributed by atoms with van der Waals surface area (Å²) in [5.74, 6) is 0.796. The average molecular weight is 281 g/mol. The molecule has 2 aliphatic heterocycles. The average Bonchev–Trinajstić information content (AvgIpc) is 2.75. The van der Waals surface area contributed by atoms with Gasteiger partial charge in [-0.05, 0) is 38.3 Å². The van der Waals surface area contributed by atoms with Gasteiger partial charge in [-0.15, -0.1) is 0 Å². The second-order valence-electron chi connectivity index (χ2n) is 6.63. The van der Waals surface area contributed by atoms with Gasteiger partial charge in [0.1, 0.15) is 0 Å². The minimum atomic E-state index is 0.0498. The number of nitrogens with one attached hydrogen (secondary N) is 1. The number of carbonyl (C=O) groups excluding carboxylic acids is 1. The highest BCUT2D eigenvalue weighted by Crippen LogP contribution is 2.20. The van der Waals surface area contributed by atoms with Crippen molar-refractivity contribution < 1.29 is 4.79 Å². The summed E-state index contributed by atoms with van der Waals surface area (Å²) >= 11 is 0. The summed E-state index contributed by atoms with van der Waals surface area (Å²) in [5, 5.41) is 3.54. The van der Waals surface area contributed by atoms with Crippen LogP contribution in [-0.4, -0.2) is 54.1 Å². The normalized spacial score (nSPS) is 28.6. The van der Waals surface area contributed by atoms with Crippen LogP contribution in [0.2, 0.25) is 0 Å². The Morgan fingerprint density at radius 1 is 1.20 bits per heavy atom. The van der Waals surface area contributed by atoms with E-state index in [4.69, 9.17) is 0 Å². The van der Waals surface area contributed by atoms with Crippen molar-refractivity contribution in [2.45, 2.75) is 65.1 Å². The monoisotopic (exact) mass is 281 g/mol. The van der Waals surface area contributed by atoms with Crippen LogP contribution in [-0.2, 0) is 4.79 Å². The summed E-state index contributed by atoms with van der Waals surface area (Å²) in [6, 6.07) is 0.0498. The van der Waals surface area contributed by atoms with Crippen LogP contribution in [0.1, 0.15) is 52.9 Å². The number of piperidine rings is 1. The van der Waals surface area contributed by atoms with Gasteiger partial charge >= 0.3 is 0 Å². The summed E-state index contributed by atoms with van der Waals surface area (Å²) in [6.07, 6.45) is 6.25. The molecule has 0 spiro atoms. The molecule has 2 fully saturated rings. The number of hydrogen-bond donors (Lipinski definition) is 1. The third-order valence-corrected chi connectivity index (χ3v) is 4.60. The van der Waals surface area contributed by atoms with Gasteiger partial charge in [-0.1, -0.05) is 33.6 Å². The predicted octanol–water partition coefficient (Wildman–Crippen LogP) is 2.05. The molecule has 0 saturated carbocycles. The molecule has 0 aromatic heterocycles. The molecule has 2 saturated heterocycles. The summed E-state index contributed by atoms with van der Waals surface area (Å²) < 4.78 is 0. The van der Waals surface area contributed by atoms with E-state index in [2.05, 4.69) is 35.9 Å². The lowest BCUT2D eigenvalue weighted by atomic mass is 10.1. The van der Waals surface area contributed by atoms with Gasteiger partial charge in [-0.2, -0.15) is 0 Å². The Morgan fingerprint density at radius 2 is 1.90 bits per heavy atom. The van der Waals surface area contributed by atoms with Crippen molar-refractivity contribution in [3.63, 3.8) is 0 Å². The molecule has 2 rings (SSSR count). The maximum absolute atomic E-state index is 12.5. The lowest BCUT2D eigenvalue weighted by Crippen LogP contribution is -2.45. The number of rotatable bonds is 6. The van der Waals surface area contributed by atoms with Gasteiger partial charge in [0.05, 0.1) is 12.2 Å². The lowest BCUT2D eigenvalue weighted by molar-refractivity contribution is -0.130. The molecule has 116 valence electrons. The zero-order valence-electron chi connectivity index (χ0n) is 13.4. The van der Waals surface area contributed by atoms with E-state index in [1.54, 1.807) is 0 Å². The SMILES string of the molecule is CCCC1NC(C(C)C)N(CCN2CCCCC2)C1=O. The molecule has 2 atom stereocenters. The fraction of sp³-hybridized carbons (Fsp3) is 0.938. The molecule has 0 aliphatic carbocycles. The van der Waals surface area contributed by atoms with Crippen LogP contribution in [0.3, 0.4) is 0 Å². The highest BCUT2D eigenvalue weighted by molar-refractivity contribution is 5.84. The molecule has 4 nitrogen and oxygen atoms in total. The molecule has 0 aromatic carbocycles. The molecular weight excluding hydrogens is 250 g/mol. The Kier molecular flexibility index (Phi) is 5.85. The van der Waals surface area contributed by atoms with Crippen LogP contribution >= 0.6 is 0 Å². The van der Waals surface area contributed by atoms with Crippen molar-refractivity contribution in [1.29, 1.82) is 0 Å². The smallest absolute Gasteiger partial charge is 0.241 e. The quantitative estimate of drug-likeness (QED) is 0.809. The Morgan fingerprint density at radius 3 is 2.50 bits per heavy atom. The Hall–Kier alpha value is -0.610. The maximum Gasteiger partial charge on any atom is 0.241 e. The van der Waals surface area contributed by atoms with Crippen molar-refractivity contribution in [3.8, 4) is 0 Å².